The second kappa shape index (κ2) is 7.97. The Morgan fingerprint density at radius 3 is 2.42 bits per heavy atom. The molecule has 0 atom stereocenters. The lowest BCUT2D eigenvalue weighted by atomic mass is 10.2. The van der Waals surface area contributed by atoms with E-state index in [4.69, 9.17) is 9.47 Å². The minimum Gasteiger partial charge on any atom is -0.491 e. The van der Waals surface area contributed by atoms with Crippen LogP contribution in [0.15, 0.2) is 53.4 Å². The first-order chi connectivity index (χ1) is 12.4. The highest BCUT2D eigenvalue weighted by atomic mass is 32.2. The largest absolute Gasteiger partial charge is 0.491 e. The van der Waals surface area contributed by atoms with Crippen LogP contribution in [0.2, 0.25) is 0 Å². The molecular formula is C19H24N2O4S. The molecule has 0 spiro atoms. The molecule has 6 nitrogen and oxygen atoms in total. The maximum Gasteiger partial charge on any atom is 0.261 e. The number of benzene rings is 2. The number of morpholine rings is 1. The Bertz CT molecular complexity index is 829. The molecule has 1 N–H and O–H groups in total. The van der Waals surface area contributed by atoms with Crippen molar-refractivity contribution in [1.82, 2.24) is 0 Å². The number of rotatable bonds is 6. The Morgan fingerprint density at radius 2 is 1.77 bits per heavy atom. The SMILES string of the molecule is CC(C)Oc1ccc(S(=O)(=O)Nc2cccc(N3CCOCC3)c2)cc1. The molecule has 3 rings (SSSR count). The van der Waals surface area contributed by atoms with Crippen molar-refractivity contribution in [3.63, 3.8) is 0 Å². The predicted molar refractivity (Wildman–Crippen MR) is 102 cm³/mol. The van der Waals surface area contributed by atoms with Gasteiger partial charge in [-0.15, -0.1) is 0 Å². The molecule has 26 heavy (non-hydrogen) atoms. The van der Waals surface area contributed by atoms with Gasteiger partial charge in [0, 0.05) is 18.8 Å². The van der Waals surface area contributed by atoms with Crippen LogP contribution in [0.25, 0.3) is 0 Å². The van der Waals surface area contributed by atoms with Gasteiger partial charge in [-0.3, -0.25) is 4.72 Å². The van der Waals surface area contributed by atoms with Gasteiger partial charge in [-0.25, -0.2) is 8.42 Å². The molecule has 0 aromatic heterocycles. The number of nitrogens with zero attached hydrogens (tertiary/aromatic N) is 1. The van der Waals surface area contributed by atoms with Crippen molar-refractivity contribution in [2.75, 3.05) is 35.9 Å². The molecule has 0 bridgehead atoms. The maximum atomic E-state index is 12.6. The average molecular weight is 376 g/mol. The van der Waals surface area contributed by atoms with E-state index in [9.17, 15) is 8.42 Å². The van der Waals surface area contributed by atoms with Crippen LogP contribution in [0, 0.1) is 0 Å². The fourth-order valence-corrected chi connectivity index (χ4v) is 3.82. The number of sulfonamides is 1. The Labute approximate surface area is 154 Å². The summed E-state index contributed by atoms with van der Waals surface area (Å²) in [5, 5.41) is 0. The van der Waals surface area contributed by atoms with E-state index in [-0.39, 0.29) is 11.0 Å². The molecule has 0 radical (unpaired) electrons. The summed E-state index contributed by atoms with van der Waals surface area (Å²) in [6.07, 6.45) is 0.0403. The second-order valence-corrected chi connectivity index (χ2v) is 8.08. The lowest BCUT2D eigenvalue weighted by molar-refractivity contribution is 0.122. The van der Waals surface area contributed by atoms with Gasteiger partial charge < -0.3 is 14.4 Å². The summed E-state index contributed by atoms with van der Waals surface area (Å²) >= 11 is 0. The summed E-state index contributed by atoms with van der Waals surface area (Å²) in [4.78, 5) is 2.38. The Morgan fingerprint density at radius 1 is 1.08 bits per heavy atom. The molecule has 0 unspecified atom stereocenters. The van der Waals surface area contributed by atoms with Crippen LogP contribution in [0.3, 0.4) is 0 Å². The zero-order chi connectivity index (χ0) is 18.6. The fraction of sp³-hybridized carbons (Fsp3) is 0.368. The van der Waals surface area contributed by atoms with E-state index in [1.54, 1.807) is 30.3 Å². The van der Waals surface area contributed by atoms with Gasteiger partial charge in [0.05, 0.1) is 29.9 Å². The minimum absolute atomic E-state index is 0.0403. The standard InChI is InChI=1S/C19H24N2O4S/c1-15(2)25-18-6-8-19(9-7-18)26(22,23)20-16-4-3-5-17(14-16)21-10-12-24-13-11-21/h3-9,14-15,20H,10-13H2,1-2H3. The highest BCUT2D eigenvalue weighted by molar-refractivity contribution is 7.92. The van der Waals surface area contributed by atoms with Crippen LogP contribution in [0.4, 0.5) is 11.4 Å². The van der Waals surface area contributed by atoms with Crippen molar-refractivity contribution >= 4 is 21.4 Å². The number of nitrogens with one attached hydrogen (secondary N) is 1. The van der Waals surface area contributed by atoms with Crippen LogP contribution in [-0.4, -0.2) is 40.8 Å². The zero-order valence-corrected chi connectivity index (χ0v) is 15.8. The lowest BCUT2D eigenvalue weighted by Gasteiger charge is -2.29. The molecular weight excluding hydrogens is 352 g/mol. The van der Waals surface area contributed by atoms with Gasteiger partial charge in [0.1, 0.15) is 5.75 Å². The smallest absolute Gasteiger partial charge is 0.261 e. The molecule has 0 amide bonds. The zero-order valence-electron chi connectivity index (χ0n) is 15.0. The molecule has 140 valence electrons. The monoisotopic (exact) mass is 376 g/mol. The average Bonchev–Trinajstić information content (AvgIpc) is 2.62. The molecule has 1 saturated heterocycles. The van der Waals surface area contributed by atoms with Crippen LogP contribution < -0.4 is 14.4 Å². The quantitative estimate of drug-likeness (QED) is 0.839. The van der Waals surface area contributed by atoms with Gasteiger partial charge in [-0.2, -0.15) is 0 Å². The van der Waals surface area contributed by atoms with E-state index in [2.05, 4.69) is 9.62 Å². The summed E-state index contributed by atoms with van der Waals surface area (Å²) in [6, 6.07) is 13.8. The van der Waals surface area contributed by atoms with Gasteiger partial charge in [-0.1, -0.05) is 6.07 Å². The Hall–Kier alpha value is -2.25. The third kappa shape index (κ3) is 4.68. The van der Waals surface area contributed by atoms with E-state index < -0.39 is 10.0 Å². The fourth-order valence-electron chi connectivity index (χ4n) is 2.77. The van der Waals surface area contributed by atoms with Crippen LogP contribution >= 0.6 is 0 Å². The summed E-state index contributed by atoms with van der Waals surface area (Å²) in [7, 11) is -3.65. The van der Waals surface area contributed by atoms with Crippen LogP contribution in [0.1, 0.15) is 13.8 Å². The summed E-state index contributed by atoms with van der Waals surface area (Å²) in [5.41, 5.74) is 1.52. The third-order valence-electron chi connectivity index (χ3n) is 3.98. The van der Waals surface area contributed by atoms with E-state index >= 15 is 0 Å². The molecule has 7 heteroatoms. The Kier molecular flexibility index (Phi) is 5.68. The van der Waals surface area contributed by atoms with Crippen molar-refractivity contribution < 1.29 is 17.9 Å². The van der Waals surface area contributed by atoms with E-state index in [1.165, 1.54) is 0 Å². The van der Waals surface area contributed by atoms with Crippen molar-refractivity contribution in [3.8, 4) is 5.75 Å². The van der Waals surface area contributed by atoms with Gasteiger partial charge in [-0.05, 0) is 56.3 Å². The molecule has 2 aromatic rings. The summed E-state index contributed by atoms with van der Waals surface area (Å²) < 4.78 is 38.8. The topological polar surface area (TPSA) is 67.9 Å². The first-order valence-electron chi connectivity index (χ1n) is 8.66. The van der Waals surface area contributed by atoms with Crippen LogP contribution in [0.5, 0.6) is 5.75 Å². The molecule has 0 aliphatic carbocycles. The number of hydrogen-bond acceptors (Lipinski definition) is 5. The number of hydrogen-bond donors (Lipinski definition) is 1. The number of anilines is 2. The van der Waals surface area contributed by atoms with Gasteiger partial charge in [0.15, 0.2) is 0 Å². The maximum absolute atomic E-state index is 12.6. The Balaban J connectivity index is 1.74. The third-order valence-corrected chi connectivity index (χ3v) is 5.38. The van der Waals surface area contributed by atoms with Crippen molar-refractivity contribution in [2.24, 2.45) is 0 Å². The summed E-state index contributed by atoms with van der Waals surface area (Å²) in [6.45, 7) is 6.81. The highest BCUT2D eigenvalue weighted by Crippen LogP contribution is 2.24. The van der Waals surface area contributed by atoms with E-state index in [0.717, 1.165) is 18.8 Å². The van der Waals surface area contributed by atoms with Crippen molar-refractivity contribution in [2.45, 2.75) is 24.8 Å². The lowest BCUT2D eigenvalue weighted by Crippen LogP contribution is -2.36. The summed E-state index contributed by atoms with van der Waals surface area (Å²) in [5.74, 6) is 0.647. The van der Waals surface area contributed by atoms with Crippen LogP contribution in [-0.2, 0) is 14.8 Å². The first-order valence-corrected chi connectivity index (χ1v) is 10.1. The molecule has 1 heterocycles. The van der Waals surface area contributed by atoms with E-state index in [0.29, 0.717) is 24.7 Å². The number of ether oxygens (including phenoxy) is 2. The molecule has 1 fully saturated rings. The predicted octanol–water partition coefficient (Wildman–Crippen LogP) is 3.11. The highest BCUT2D eigenvalue weighted by Gasteiger charge is 2.16. The van der Waals surface area contributed by atoms with Gasteiger partial charge in [0.2, 0.25) is 0 Å². The molecule has 1 aliphatic heterocycles. The molecule has 1 aliphatic rings. The van der Waals surface area contributed by atoms with Gasteiger partial charge in [0.25, 0.3) is 10.0 Å². The molecule has 2 aromatic carbocycles. The van der Waals surface area contributed by atoms with Gasteiger partial charge >= 0.3 is 0 Å². The van der Waals surface area contributed by atoms with Crippen molar-refractivity contribution in [1.29, 1.82) is 0 Å². The minimum atomic E-state index is -3.65. The molecule has 0 saturated carbocycles. The normalized spacial score (nSPS) is 15.1. The van der Waals surface area contributed by atoms with E-state index in [1.807, 2.05) is 32.0 Å². The second-order valence-electron chi connectivity index (χ2n) is 6.39. The van der Waals surface area contributed by atoms with Crippen molar-refractivity contribution in [3.05, 3.63) is 48.5 Å². The first kappa shape index (κ1) is 18.5.